The van der Waals surface area contributed by atoms with Crippen LogP contribution < -0.4 is 0 Å². The number of benzene rings is 2. The molecule has 0 radical (unpaired) electrons. The molecule has 24 heavy (non-hydrogen) atoms. The van der Waals surface area contributed by atoms with Gasteiger partial charge in [0.25, 0.3) is 0 Å². The maximum atomic E-state index is 13.3. The third-order valence-electron chi connectivity index (χ3n) is 4.42. The fraction of sp³-hybridized carbons (Fsp3) is 0.333. The normalized spacial score (nSPS) is 25.0. The lowest BCUT2D eigenvalue weighted by molar-refractivity contribution is 0.198. The summed E-state index contributed by atoms with van der Waals surface area (Å²) in [6, 6.07) is 15.9. The van der Waals surface area contributed by atoms with Crippen LogP contribution in [-0.2, 0) is 10.0 Å². The molecule has 1 fully saturated rings. The second-order valence-electron chi connectivity index (χ2n) is 6.09. The summed E-state index contributed by atoms with van der Waals surface area (Å²) < 4.78 is 28.1. The van der Waals surface area contributed by atoms with E-state index in [9.17, 15) is 13.5 Å². The lowest BCUT2D eigenvalue weighted by Crippen LogP contribution is -2.39. The molecule has 0 aromatic heterocycles. The minimum Gasteiger partial charge on any atom is -0.395 e. The molecule has 1 saturated heterocycles. The van der Waals surface area contributed by atoms with Crippen LogP contribution in [0.2, 0.25) is 0 Å². The van der Waals surface area contributed by atoms with Crippen molar-refractivity contribution in [1.82, 2.24) is 4.31 Å². The number of halogens is 1. The van der Waals surface area contributed by atoms with E-state index in [4.69, 9.17) is 0 Å². The van der Waals surface area contributed by atoms with E-state index in [1.807, 2.05) is 37.3 Å². The maximum Gasteiger partial charge on any atom is 0.243 e. The van der Waals surface area contributed by atoms with Gasteiger partial charge >= 0.3 is 0 Å². The zero-order chi connectivity index (χ0) is 17.3. The van der Waals surface area contributed by atoms with Gasteiger partial charge in [-0.3, -0.25) is 0 Å². The Morgan fingerprint density at radius 1 is 1.12 bits per heavy atom. The van der Waals surface area contributed by atoms with Crippen LogP contribution >= 0.6 is 22.6 Å². The van der Waals surface area contributed by atoms with Crippen LogP contribution in [0.3, 0.4) is 0 Å². The highest BCUT2D eigenvalue weighted by Crippen LogP contribution is 2.44. The first-order chi connectivity index (χ1) is 11.4. The van der Waals surface area contributed by atoms with Gasteiger partial charge in [-0.05, 0) is 31.0 Å². The number of rotatable bonds is 4. The summed E-state index contributed by atoms with van der Waals surface area (Å²) >= 11 is 2.30. The van der Waals surface area contributed by atoms with Crippen LogP contribution in [-0.4, -0.2) is 34.4 Å². The van der Waals surface area contributed by atoms with Gasteiger partial charge in [0.15, 0.2) is 0 Å². The molecule has 0 aliphatic carbocycles. The quantitative estimate of drug-likeness (QED) is 0.567. The first-order valence-corrected chi connectivity index (χ1v) is 10.5. The van der Waals surface area contributed by atoms with E-state index >= 15 is 0 Å². The molecule has 1 aliphatic heterocycles. The van der Waals surface area contributed by atoms with Gasteiger partial charge < -0.3 is 5.11 Å². The molecule has 128 valence electrons. The van der Waals surface area contributed by atoms with E-state index in [2.05, 4.69) is 22.6 Å². The largest absolute Gasteiger partial charge is 0.395 e. The van der Waals surface area contributed by atoms with Crippen molar-refractivity contribution in [1.29, 1.82) is 0 Å². The predicted octanol–water partition coefficient (Wildman–Crippen LogP) is 3.30. The van der Waals surface area contributed by atoms with Crippen molar-refractivity contribution in [2.45, 2.75) is 34.2 Å². The van der Waals surface area contributed by atoms with E-state index in [1.165, 1.54) is 4.31 Å². The zero-order valence-corrected chi connectivity index (χ0v) is 16.3. The highest BCUT2D eigenvalue weighted by Gasteiger charge is 2.47. The van der Waals surface area contributed by atoms with Crippen molar-refractivity contribution in [3.63, 3.8) is 0 Å². The Balaban J connectivity index is 2.08. The Morgan fingerprint density at radius 2 is 1.75 bits per heavy atom. The molecule has 0 saturated carbocycles. The number of nitrogens with zero attached hydrogens (tertiary/aromatic N) is 1. The van der Waals surface area contributed by atoms with Crippen molar-refractivity contribution in [2.24, 2.45) is 0 Å². The number of aliphatic hydroxyl groups excluding tert-OH is 1. The Kier molecular flexibility index (Phi) is 5.29. The smallest absolute Gasteiger partial charge is 0.243 e. The summed E-state index contributed by atoms with van der Waals surface area (Å²) in [4.78, 5) is 0.276. The summed E-state index contributed by atoms with van der Waals surface area (Å²) in [6.45, 7) is 1.75. The standard InChI is InChI=1S/C18H20INO3S/c1-13-7-9-16(10-8-13)24(22,23)20-15(12-21)11-17(19)18(20)14-5-3-2-4-6-14/h2-10,15,17-18,21H,11-12H2,1H3/t15-,17+,18-/m1/s1. The highest BCUT2D eigenvalue weighted by molar-refractivity contribution is 14.1. The zero-order valence-electron chi connectivity index (χ0n) is 13.3. The van der Waals surface area contributed by atoms with E-state index in [0.29, 0.717) is 6.42 Å². The molecule has 0 unspecified atom stereocenters. The maximum absolute atomic E-state index is 13.3. The van der Waals surface area contributed by atoms with Gasteiger partial charge in [-0.2, -0.15) is 4.31 Å². The van der Waals surface area contributed by atoms with Crippen LogP contribution in [0.25, 0.3) is 0 Å². The van der Waals surface area contributed by atoms with Crippen molar-refractivity contribution in [3.05, 3.63) is 65.7 Å². The molecular formula is C18H20INO3S. The molecule has 6 heteroatoms. The van der Waals surface area contributed by atoms with Crippen molar-refractivity contribution < 1.29 is 13.5 Å². The van der Waals surface area contributed by atoms with E-state index in [1.54, 1.807) is 24.3 Å². The molecule has 3 atom stereocenters. The van der Waals surface area contributed by atoms with Crippen molar-refractivity contribution in [2.75, 3.05) is 6.61 Å². The van der Waals surface area contributed by atoms with Crippen LogP contribution in [0.4, 0.5) is 0 Å². The summed E-state index contributed by atoms with van der Waals surface area (Å²) in [7, 11) is -3.68. The molecule has 4 nitrogen and oxygen atoms in total. The lowest BCUT2D eigenvalue weighted by atomic mass is 10.1. The molecule has 0 bridgehead atoms. The Labute approximate surface area is 156 Å². The molecule has 2 aromatic rings. The summed E-state index contributed by atoms with van der Waals surface area (Å²) in [5.74, 6) is 0. The number of hydrogen-bond acceptors (Lipinski definition) is 3. The van der Waals surface area contributed by atoms with E-state index < -0.39 is 16.1 Å². The van der Waals surface area contributed by atoms with E-state index in [0.717, 1.165) is 11.1 Å². The topological polar surface area (TPSA) is 57.6 Å². The van der Waals surface area contributed by atoms with Gasteiger partial charge in [-0.1, -0.05) is 70.6 Å². The van der Waals surface area contributed by atoms with Gasteiger partial charge in [0.05, 0.1) is 23.6 Å². The van der Waals surface area contributed by atoms with Crippen LogP contribution in [0.5, 0.6) is 0 Å². The number of aryl methyl sites for hydroxylation is 1. The second kappa shape index (κ2) is 7.11. The minimum atomic E-state index is -3.68. The van der Waals surface area contributed by atoms with Crippen molar-refractivity contribution >= 4 is 32.6 Å². The van der Waals surface area contributed by atoms with Crippen LogP contribution in [0.1, 0.15) is 23.6 Å². The van der Waals surface area contributed by atoms with E-state index in [-0.39, 0.29) is 21.5 Å². The average Bonchev–Trinajstić information content (AvgIpc) is 2.93. The third kappa shape index (κ3) is 3.24. The molecule has 1 N–H and O–H groups in total. The first-order valence-electron chi connectivity index (χ1n) is 7.85. The molecular weight excluding hydrogens is 437 g/mol. The van der Waals surface area contributed by atoms with Gasteiger partial charge in [-0.25, -0.2) is 8.42 Å². The van der Waals surface area contributed by atoms with Crippen molar-refractivity contribution in [3.8, 4) is 0 Å². The number of alkyl halides is 1. The number of aliphatic hydroxyl groups is 1. The SMILES string of the molecule is Cc1ccc(S(=O)(=O)N2[C@@H](CO)C[C@H](I)[C@H]2c2ccccc2)cc1. The van der Waals surface area contributed by atoms with Gasteiger partial charge in [-0.15, -0.1) is 0 Å². The Hall–Kier alpha value is -0.960. The second-order valence-corrected chi connectivity index (χ2v) is 9.53. The first kappa shape index (κ1) is 17.8. The molecule has 2 aromatic carbocycles. The Morgan fingerprint density at radius 3 is 2.33 bits per heavy atom. The third-order valence-corrected chi connectivity index (χ3v) is 7.56. The average molecular weight is 457 g/mol. The predicted molar refractivity (Wildman–Crippen MR) is 103 cm³/mol. The highest BCUT2D eigenvalue weighted by atomic mass is 127. The molecule has 0 amide bonds. The van der Waals surface area contributed by atoms with Crippen LogP contribution in [0, 0.1) is 6.92 Å². The fourth-order valence-electron chi connectivity index (χ4n) is 3.22. The van der Waals surface area contributed by atoms with Gasteiger partial charge in [0, 0.05) is 3.92 Å². The molecule has 3 rings (SSSR count). The summed E-state index contributed by atoms with van der Waals surface area (Å²) in [5.41, 5.74) is 1.98. The minimum absolute atomic E-state index is 0.113. The van der Waals surface area contributed by atoms with Gasteiger partial charge in [0.2, 0.25) is 10.0 Å². The monoisotopic (exact) mass is 457 g/mol. The summed E-state index contributed by atoms with van der Waals surface area (Å²) in [6.07, 6.45) is 0.641. The molecule has 1 heterocycles. The number of hydrogen-bond donors (Lipinski definition) is 1. The number of sulfonamides is 1. The van der Waals surface area contributed by atoms with Gasteiger partial charge in [0.1, 0.15) is 0 Å². The Bertz CT molecular complexity index is 793. The fourth-order valence-corrected chi connectivity index (χ4v) is 6.62. The lowest BCUT2D eigenvalue weighted by Gasteiger charge is -2.29. The summed E-state index contributed by atoms with van der Waals surface area (Å²) in [5, 5.41) is 9.76. The van der Waals surface area contributed by atoms with Crippen LogP contribution in [0.15, 0.2) is 59.5 Å². The molecule has 0 spiro atoms. The molecule has 1 aliphatic rings.